The Bertz CT molecular complexity index is 1040. The van der Waals surface area contributed by atoms with E-state index in [2.05, 4.69) is 5.32 Å². The van der Waals surface area contributed by atoms with Crippen molar-refractivity contribution in [3.63, 3.8) is 0 Å². The molecule has 0 fully saturated rings. The lowest BCUT2D eigenvalue weighted by Crippen LogP contribution is -2.23. The Morgan fingerprint density at radius 2 is 2.07 bits per heavy atom. The van der Waals surface area contributed by atoms with Crippen LogP contribution in [0.5, 0.6) is 0 Å². The van der Waals surface area contributed by atoms with Crippen molar-refractivity contribution >= 4 is 12.0 Å². The number of nitriles is 1. The predicted octanol–water partition coefficient (Wildman–Crippen LogP) is 4.05. The van der Waals surface area contributed by atoms with Crippen LogP contribution >= 0.6 is 0 Å². The Morgan fingerprint density at radius 1 is 1.30 bits per heavy atom. The average molecular weight is 363 g/mol. The van der Waals surface area contributed by atoms with Crippen molar-refractivity contribution in [2.24, 2.45) is 0 Å². The molecule has 5 nitrogen and oxygen atoms in total. The van der Waals surface area contributed by atoms with Crippen LogP contribution in [0.3, 0.4) is 0 Å². The molecular weight excluding hydrogens is 345 g/mol. The van der Waals surface area contributed by atoms with Crippen molar-refractivity contribution in [1.82, 2.24) is 9.88 Å². The number of rotatable bonds is 5. The van der Waals surface area contributed by atoms with Gasteiger partial charge in [-0.25, -0.2) is 4.39 Å². The second-order valence-corrected chi connectivity index (χ2v) is 6.05. The molecule has 2 aromatic heterocycles. The Labute approximate surface area is 156 Å². The molecule has 1 amide bonds. The SMILES string of the molecule is Cc1cc(/C=C(\C#N)C(=O)NCc2ccco2)c(C)n1-c1ccccc1F. The molecule has 0 aliphatic carbocycles. The predicted molar refractivity (Wildman–Crippen MR) is 99.3 cm³/mol. The highest BCUT2D eigenvalue weighted by Crippen LogP contribution is 2.24. The van der Waals surface area contributed by atoms with Gasteiger partial charge in [0.1, 0.15) is 23.2 Å². The number of nitrogens with zero attached hydrogens (tertiary/aromatic N) is 2. The minimum absolute atomic E-state index is 0.0321. The topological polar surface area (TPSA) is 71.0 Å². The third kappa shape index (κ3) is 3.82. The van der Waals surface area contributed by atoms with Gasteiger partial charge >= 0.3 is 0 Å². The fourth-order valence-electron chi connectivity index (χ4n) is 2.92. The number of nitrogens with one attached hydrogen (secondary N) is 1. The van der Waals surface area contributed by atoms with Crippen LogP contribution in [0.1, 0.15) is 22.7 Å². The number of aromatic nitrogens is 1. The monoisotopic (exact) mass is 363 g/mol. The van der Waals surface area contributed by atoms with E-state index in [1.807, 2.05) is 26.0 Å². The number of hydrogen-bond acceptors (Lipinski definition) is 3. The fraction of sp³-hybridized carbons (Fsp3) is 0.143. The zero-order valence-corrected chi connectivity index (χ0v) is 15.0. The number of halogens is 1. The summed E-state index contributed by atoms with van der Waals surface area (Å²) in [6, 6.07) is 13.7. The number of furan rings is 1. The highest BCUT2D eigenvalue weighted by atomic mass is 19.1. The molecule has 3 rings (SSSR count). The maximum absolute atomic E-state index is 14.2. The molecule has 0 aliphatic heterocycles. The van der Waals surface area contributed by atoms with E-state index in [9.17, 15) is 14.4 Å². The summed E-state index contributed by atoms with van der Waals surface area (Å²) in [6.07, 6.45) is 3.03. The van der Waals surface area contributed by atoms with Gasteiger partial charge < -0.3 is 14.3 Å². The summed E-state index contributed by atoms with van der Waals surface area (Å²) in [5, 5.41) is 12.0. The minimum Gasteiger partial charge on any atom is -0.467 e. The molecule has 0 saturated carbocycles. The van der Waals surface area contributed by atoms with E-state index in [1.54, 1.807) is 34.9 Å². The van der Waals surface area contributed by atoms with Crippen LogP contribution in [0, 0.1) is 31.0 Å². The average Bonchev–Trinajstić information content (AvgIpc) is 3.27. The molecule has 27 heavy (non-hydrogen) atoms. The van der Waals surface area contributed by atoms with Gasteiger partial charge in [0.15, 0.2) is 0 Å². The Morgan fingerprint density at radius 3 is 2.74 bits per heavy atom. The van der Waals surface area contributed by atoms with E-state index in [-0.39, 0.29) is 17.9 Å². The highest BCUT2D eigenvalue weighted by molar-refractivity contribution is 6.01. The summed E-state index contributed by atoms with van der Waals surface area (Å²) >= 11 is 0. The summed E-state index contributed by atoms with van der Waals surface area (Å²) in [5.41, 5.74) is 2.62. The molecule has 0 spiro atoms. The van der Waals surface area contributed by atoms with Crippen LogP contribution < -0.4 is 5.32 Å². The molecule has 0 atom stereocenters. The number of aryl methyl sites for hydroxylation is 1. The molecule has 1 aromatic carbocycles. The van der Waals surface area contributed by atoms with E-state index in [0.717, 1.165) is 11.4 Å². The third-order valence-corrected chi connectivity index (χ3v) is 4.23. The maximum atomic E-state index is 14.2. The molecule has 136 valence electrons. The number of carbonyl (C=O) groups is 1. The van der Waals surface area contributed by atoms with Crippen LogP contribution in [0.4, 0.5) is 4.39 Å². The van der Waals surface area contributed by atoms with Gasteiger partial charge in [-0.05, 0) is 55.8 Å². The number of hydrogen-bond donors (Lipinski definition) is 1. The molecule has 0 radical (unpaired) electrons. The van der Waals surface area contributed by atoms with Gasteiger partial charge in [-0.15, -0.1) is 0 Å². The van der Waals surface area contributed by atoms with Gasteiger partial charge in [-0.3, -0.25) is 4.79 Å². The quantitative estimate of drug-likeness (QED) is 0.549. The summed E-state index contributed by atoms with van der Waals surface area (Å²) in [5.74, 6) is -0.241. The summed E-state index contributed by atoms with van der Waals surface area (Å²) in [6.45, 7) is 3.86. The van der Waals surface area contributed by atoms with Gasteiger partial charge in [0.25, 0.3) is 5.91 Å². The molecule has 2 heterocycles. The zero-order valence-electron chi connectivity index (χ0n) is 15.0. The molecule has 1 N–H and O–H groups in total. The Balaban J connectivity index is 1.89. The highest BCUT2D eigenvalue weighted by Gasteiger charge is 2.15. The van der Waals surface area contributed by atoms with E-state index in [0.29, 0.717) is 17.0 Å². The smallest absolute Gasteiger partial charge is 0.262 e. The first-order chi connectivity index (χ1) is 13.0. The lowest BCUT2D eigenvalue weighted by atomic mass is 10.1. The third-order valence-electron chi connectivity index (χ3n) is 4.23. The van der Waals surface area contributed by atoms with E-state index in [1.165, 1.54) is 18.4 Å². The van der Waals surface area contributed by atoms with Crippen molar-refractivity contribution < 1.29 is 13.6 Å². The van der Waals surface area contributed by atoms with Crippen molar-refractivity contribution in [1.29, 1.82) is 5.26 Å². The first-order valence-corrected chi connectivity index (χ1v) is 8.37. The lowest BCUT2D eigenvalue weighted by molar-refractivity contribution is -0.117. The van der Waals surface area contributed by atoms with E-state index >= 15 is 0 Å². The summed E-state index contributed by atoms with van der Waals surface area (Å²) in [4.78, 5) is 12.3. The van der Waals surface area contributed by atoms with Gasteiger partial charge in [0.05, 0.1) is 18.5 Å². The van der Waals surface area contributed by atoms with Gasteiger partial charge in [-0.1, -0.05) is 12.1 Å². The zero-order chi connectivity index (χ0) is 19.4. The Kier molecular flexibility index (Phi) is 5.23. The van der Waals surface area contributed by atoms with Crippen molar-refractivity contribution in [3.8, 4) is 11.8 Å². The van der Waals surface area contributed by atoms with Crippen molar-refractivity contribution in [2.45, 2.75) is 20.4 Å². The normalized spacial score (nSPS) is 11.3. The van der Waals surface area contributed by atoms with E-state index < -0.39 is 5.91 Å². The molecule has 0 bridgehead atoms. The molecule has 0 unspecified atom stereocenters. The number of amides is 1. The Hall–Kier alpha value is -3.59. The number of carbonyl (C=O) groups excluding carboxylic acids is 1. The minimum atomic E-state index is -0.496. The van der Waals surface area contributed by atoms with Gasteiger partial charge in [0.2, 0.25) is 0 Å². The van der Waals surface area contributed by atoms with Crippen LogP contribution in [0.2, 0.25) is 0 Å². The summed E-state index contributed by atoms with van der Waals surface area (Å²) < 4.78 is 21.1. The second-order valence-electron chi connectivity index (χ2n) is 6.05. The van der Waals surface area contributed by atoms with Crippen LogP contribution in [0.25, 0.3) is 11.8 Å². The molecule has 0 saturated heterocycles. The maximum Gasteiger partial charge on any atom is 0.262 e. The fourth-order valence-corrected chi connectivity index (χ4v) is 2.92. The summed E-state index contributed by atoms with van der Waals surface area (Å²) in [7, 11) is 0. The second kappa shape index (κ2) is 7.75. The van der Waals surface area contributed by atoms with Crippen molar-refractivity contribution in [3.05, 3.63) is 82.8 Å². The first-order valence-electron chi connectivity index (χ1n) is 8.37. The van der Waals surface area contributed by atoms with Gasteiger partial charge in [-0.2, -0.15) is 5.26 Å². The lowest BCUT2D eigenvalue weighted by Gasteiger charge is -2.10. The standard InChI is InChI=1S/C21H18FN3O2/c1-14-10-16(15(2)25(14)20-8-4-3-7-19(20)22)11-17(12-23)21(26)24-13-18-6-5-9-27-18/h3-11H,13H2,1-2H3,(H,24,26)/b17-11+. The van der Waals surface area contributed by atoms with Crippen LogP contribution in [-0.2, 0) is 11.3 Å². The molecule has 3 aromatic rings. The van der Waals surface area contributed by atoms with Gasteiger partial charge in [0, 0.05) is 11.4 Å². The molecule has 0 aliphatic rings. The van der Waals surface area contributed by atoms with Crippen molar-refractivity contribution in [2.75, 3.05) is 0 Å². The van der Waals surface area contributed by atoms with Crippen LogP contribution in [0.15, 0.2) is 58.7 Å². The first kappa shape index (κ1) is 18.2. The largest absolute Gasteiger partial charge is 0.467 e. The van der Waals surface area contributed by atoms with E-state index in [4.69, 9.17) is 4.42 Å². The number of benzene rings is 1. The van der Waals surface area contributed by atoms with Crippen LogP contribution in [-0.4, -0.2) is 10.5 Å². The number of para-hydroxylation sites is 1. The molecular formula is C21H18FN3O2. The molecule has 6 heteroatoms.